The molecule has 1 aromatic carbocycles. The Morgan fingerprint density at radius 2 is 1.97 bits per heavy atom. The Hall–Kier alpha value is -1.51. The molecule has 0 aliphatic carbocycles. The molecule has 1 aliphatic heterocycles. The molecule has 2 heterocycles. The van der Waals surface area contributed by atoms with Gasteiger partial charge in [0.2, 0.25) is 0 Å². The number of piperidine rings is 1. The number of aromatic nitrogens is 1. The molecule has 1 amide bonds. The van der Waals surface area contributed by atoms with Crippen molar-refractivity contribution in [2.75, 3.05) is 47.1 Å². The molecule has 3 rings (SSSR count). The fourth-order valence-corrected chi connectivity index (χ4v) is 4.99. The SMILES string of the molecule is COCCCCn1c(C(=O)N(C(C)C)[C@@H]2CCCNC2)c(Cl)c2cccc(OCCOC)c21.Cl. The van der Waals surface area contributed by atoms with E-state index in [4.69, 9.17) is 25.8 Å². The molecule has 0 bridgehead atoms. The van der Waals surface area contributed by atoms with Crippen LogP contribution in [0.1, 0.15) is 50.0 Å². The summed E-state index contributed by atoms with van der Waals surface area (Å²) in [4.78, 5) is 16.1. The number of para-hydroxylation sites is 1. The van der Waals surface area contributed by atoms with E-state index < -0.39 is 0 Å². The summed E-state index contributed by atoms with van der Waals surface area (Å²) in [6.07, 6.45) is 3.82. The van der Waals surface area contributed by atoms with Gasteiger partial charge in [-0.25, -0.2) is 0 Å². The van der Waals surface area contributed by atoms with Gasteiger partial charge in [-0.15, -0.1) is 12.4 Å². The first-order valence-electron chi connectivity index (χ1n) is 12.0. The average molecular weight is 517 g/mol. The third-order valence-corrected chi connectivity index (χ3v) is 6.55. The number of amides is 1. The van der Waals surface area contributed by atoms with Gasteiger partial charge in [-0.3, -0.25) is 4.79 Å². The molecule has 0 radical (unpaired) electrons. The summed E-state index contributed by atoms with van der Waals surface area (Å²) < 4.78 is 18.5. The van der Waals surface area contributed by atoms with Crippen LogP contribution in [0.2, 0.25) is 5.02 Å². The normalized spacial score (nSPS) is 16.0. The second-order valence-electron chi connectivity index (χ2n) is 8.81. The van der Waals surface area contributed by atoms with Gasteiger partial charge in [-0.1, -0.05) is 23.7 Å². The molecule has 1 fully saturated rings. The number of unbranched alkanes of at least 4 members (excludes halogenated alkanes) is 1. The summed E-state index contributed by atoms with van der Waals surface area (Å²) in [5.74, 6) is 0.696. The van der Waals surface area contributed by atoms with E-state index >= 15 is 0 Å². The smallest absolute Gasteiger partial charge is 0.272 e. The fraction of sp³-hybridized carbons (Fsp3) is 0.640. The molecule has 34 heavy (non-hydrogen) atoms. The minimum atomic E-state index is -0.0190. The maximum absolute atomic E-state index is 14.1. The van der Waals surface area contributed by atoms with Crippen LogP contribution < -0.4 is 10.1 Å². The first kappa shape index (κ1) is 28.7. The average Bonchev–Trinajstić information content (AvgIpc) is 3.10. The number of carbonyl (C=O) groups is 1. The van der Waals surface area contributed by atoms with Crippen LogP contribution in [0.15, 0.2) is 18.2 Å². The lowest BCUT2D eigenvalue weighted by molar-refractivity contribution is 0.0562. The molecule has 2 aromatic rings. The zero-order valence-corrected chi connectivity index (χ0v) is 22.3. The molecule has 1 atom stereocenters. The van der Waals surface area contributed by atoms with Gasteiger partial charge < -0.3 is 29.0 Å². The van der Waals surface area contributed by atoms with Gasteiger partial charge in [0.15, 0.2) is 0 Å². The molecule has 1 aromatic heterocycles. The number of fused-ring (bicyclic) bond motifs is 1. The van der Waals surface area contributed by atoms with Gasteiger partial charge in [0.25, 0.3) is 5.91 Å². The van der Waals surface area contributed by atoms with Gasteiger partial charge in [0, 0.05) is 51.4 Å². The lowest BCUT2D eigenvalue weighted by Crippen LogP contribution is -2.52. The number of ether oxygens (including phenoxy) is 3. The topological polar surface area (TPSA) is 65.0 Å². The van der Waals surface area contributed by atoms with E-state index in [1.165, 1.54) is 0 Å². The molecule has 1 N–H and O–H groups in total. The summed E-state index contributed by atoms with van der Waals surface area (Å²) >= 11 is 6.93. The Balaban J connectivity index is 0.00000408. The Morgan fingerprint density at radius 1 is 1.21 bits per heavy atom. The zero-order valence-electron chi connectivity index (χ0n) is 20.8. The van der Waals surface area contributed by atoms with Gasteiger partial charge in [0.05, 0.1) is 17.1 Å². The van der Waals surface area contributed by atoms with Crippen LogP contribution in [0, 0.1) is 0 Å². The van der Waals surface area contributed by atoms with Crippen LogP contribution in [0.3, 0.4) is 0 Å². The van der Waals surface area contributed by atoms with Crippen molar-refractivity contribution in [1.29, 1.82) is 0 Å². The van der Waals surface area contributed by atoms with E-state index in [0.717, 1.165) is 49.7 Å². The number of aryl methyl sites for hydroxylation is 1. The lowest BCUT2D eigenvalue weighted by atomic mass is 10.0. The lowest BCUT2D eigenvalue weighted by Gasteiger charge is -2.38. The molecule has 9 heteroatoms. The van der Waals surface area contributed by atoms with Crippen molar-refractivity contribution in [2.45, 2.75) is 58.2 Å². The van der Waals surface area contributed by atoms with E-state index in [2.05, 4.69) is 23.7 Å². The molecular formula is C25H39Cl2N3O4. The van der Waals surface area contributed by atoms with Gasteiger partial charge in [-0.2, -0.15) is 0 Å². The Morgan fingerprint density at radius 3 is 2.62 bits per heavy atom. The van der Waals surface area contributed by atoms with Crippen LogP contribution >= 0.6 is 24.0 Å². The number of nitrogens with one attached hydrogen (secondary N) is 1. The van der Waals surface area contributed by atoms with Gasteiger partial charge in [-0.05, 0) is 52.1 Å². The molecule has 0 spiro atoms. The highest BCUT2D eigenvalue weighted by atomic mass is 35.5. The van der Waals surface area contributed by atoms with E-state index in [9.17, 15) is 4.79 Å². The molecule has 1 saturated heterocycles. The van der Waals surface area contributed by atoms with E-state index in [-0.39, 0.29) is 30.4 Å². The van der Waals surface area contributed by atoms with Crippen LogP contribution in [-0.4, -0.2) is 74.6 Å². The highest BCUT2D eigenvalue weighted by molar-refractivity contribution is 6.39. The van der Waals surface area contributed by atoms with Crippen LogP contribution in [-0.2, 0) is 16.0 Å². The Kier molecular flexibility index (Phi) is 12.0. The summed E-state index contributed by atoms with van der Waals surface area (Å²) in [7, 11) is 3.36. The number of halogens is 2. The molecule has 7 nitrogen and oxygen atoms in total. The second kappa shape index (κ2) is 14.1. The minimum Gasteiger partial charge on any atom is -0.489 e. The van der Waals surface area contributed by atoms with Crippen LogP contribution in [0.5, 0.6) is 5.75 Å². The van der Waals surface area contributed by atoms with Crippen LogP contribution in [0.4, 0.5) is 0 Å². The van der Waals surface area contributed by atoms with Crippen molar-refractivity contribution in [3.8, 4) is 5.75 Å². The highest BCUT2D eigenvalue weighted by Crippen LogP contribution is 2.38. The molecule has 0 unspecified atom stereocenters. The van der Waals surface area contributed by atoms with Crippen molar-refractivity contribution >= 4 is 40.8 Å². The largest absolute Gasteiger partial charge is 0.489 e. The van der Waals surface area contributed by atoms with E-state index in [1.807, 2.05) is 23.1 Å². The monoisotopic (exact) mass is 515 g/mol. The summed E-state index contributed by atoms with van der Waals surface area (Å²) in [5, 5.41) is 4.77. The number of nitrogens with zero attached hydrogens (tertiary/aromatic N) is 2. The first-order chi connectivity index (χ1) is 16.0. The maximum Gasteiger partial charge on any atom is 0.272 e. The number of hydrogen-bond acceptors (Lipinski definition) is 5. The third kappa shape index (κ3) is 6.58. The molecule has 1 aliphatic rings. The molecule has 0 saturated carbocycles. The summed E-state index contributed by atoms with van der Waals surface area (Å²) in [6.45, 7) is 8.21. The summed E-state index contributed by atoms with van der Waals surface area (Å²) in [6, 6.07) is 6.03. The Labute approximate surface area is 214 Å². The van der Waals surface area contributed by atoms with Gasteiger partial charge >= 0.3 is 0 Å². The predicted octanol–water partition coefficient (Wildman–Crippen LogP) is 4.77. The predicted molar refractivity (Wildman–Crippen MR) is 140 cm³/mol. The van der Waals surface area contributed by atoms with E-state index in [1.54, 1.807) is 14.2 Å². The van der Waals surface area contributed by atoms with Gasteiger partial charge in [0.1, 0.15) is 18.1 Å². The molecular weight excluding hydrogens is 477 g/mol. The maximum atomic E-state index is 14.1. The highest BCUT2D eigenvalue weighted by Gasteiger charge is 2.33. The van der Waals surface area contributed by atoms with Crippen molar-refractivity contribution in [1.82, 2.24) is 14.8 Å². The van der Waals surface area contributed by atoms with E-state index in [0.29, 0.717) is 42.8 Å². The number of rotatable bonds is 12. The standard InChI is InChI=1S/C25H38ClN3O4.ClH/c1-18(2)29(19-9-8-12-27-17-19)25(30)24-22(26)20-10-7-11-21(33-16-15-32-4)23(20)28(24)13-5-6-14-31-3;/h7,10-11,18-19,27H,5-6,8-9,12-17H2,1-4H3;1H/t19-;/m1./s1. The zero-order chi connectivity index (χ0) is 23.8. The Bertz CT molecular complexity index is 913. The third-order valence-electron chi connectivity index (χ3n) is 6.17. The quantitative estimate of drug-likeness (QED) is 0.412. The number of carbonyl (C=O) groups excluding carboxylic acids is 1. The second-order valence-corrected chi connectivity index (χ2v) is 9.19. The van der Waals surface area contributed by atoms with Crippen molar-refractivity contribution < 1.29 is 19.0 Å². The first-order valence-corrected chi connectivity index (χ1v) is 12.3. The van der Waals surface area contributed by atoms with Crippen molar-refractivity contribution in [3.05, 3.63) is 28.9 Å². The molecule has 192 valence electrons. The number of methoxy groups -OCH3 is 2. The number of hydrogen-bond donors (Lipinski definition) is 1. The fourth-order valence-electron chi connectivity index (χ4n) is 4.65. The summed E-state index contributed by atoms with van der Waals surface area (Å²) in [5.41, 5.74) is 1.41. The van der Waals surface area contributed by atoms with Crippen LogP contribution in [0.25, 0.3) is 10.9 Å². The van der Waals surface area contributed by atoms with Crippen molar-refractivity contribution in [3.63, 3.8) is 0 Å². The van der Waals surface area contributed by atoms with Crippen molar-refractivity contribution in [2.24, 2.45) is 0 Å². The minimum absolute atomic E-state index is 0. The number of benzene rings is 1.